The van der Waals surface area contributed by atoms with Crippen molar-refractivity contribution in [3.05, 3.63) is 71.6 Å². The third kappa shape index (κ3) is 3.88. The molecule has 0 radical (unpaired) electrons. The van der Waals surface area contributed by atoms with Gasteiger partial charge >= 0.3 is 0 Å². The van der Waals surface area contributed by atoms with E-state index in [2.05, 4.69) is 10.3 Å². The molecule has 2 heterocycles. The standard InChI is InChI=1S/C17H16ClN3O2S.ClH/c1-19-11-13-10-15(14-6-3-2-4-7-14)21(12-13)24(22,23)16-8-5-9-20-17(16)18;/h2-10,12,19H,11H2,1H3;1H. The van der Waals surface area contributed by atoms with Gasteiger partial charge in [0.15, 0.2) is 0 Å². The van der Waals surface area contributed by atoms with E-state index in [0.717, 1.165) is 11.1 Å². The Morgan fingerprint density at radius 3 is 2.52 bits per heavy atom. The monoisotopic (exact) mass is 397 g/mol. The largest absolute Gasteiger partial charge is 0.316 e. The van der Waals surface area contributed by atoms with E-state index in [9.17, 15) is 8.42 Å². The summed E-state index contributed by atoms with van der Waals surface area (Å²) in [6.45, 7) is 0.559. The fourth-order valence-corrected chi connectivity index (χ4v) is 4.32. The lowest BCUT2D eigenvalue weighted by Crippen LogP contribution is -2.14. The molecular formula is C17H17Cl2N3O2S. The molecule has 0 spiro atoms. The Morgan fingerprint density at radius 2 is 1.88 bits per heavy atom. The van der Waals surface area contributed by atoms with Gasteiger partial charge in [-0.15, -0.1) is 12.4 Å². The van der Waals surface area contributed by atoms with E-state index in [1.807, 2.05) is 43.4 Å². The van der Waals surface area contributed by atoms with Crippen molar-refractivity contribution in [1.82, 2.24) is 14.3 Å². The van der Waals surface area contributed by atoms with Crippen molar-refractivity contribution in [2.45, 2.75) is 11.4 Å². The molecule has 0 saturated heterocycles. The maximum atomic E-state index is 13.1. The molecule has 5 nitrogen and oxygen atoms in total. The number of halogens is 2. The minimum absolute atomic E-state index is 0. The van der Waals surface area contributed by atoms with Crippen molar-refractivity contribution in [2.24, 2.45) is 0 Å². The van der Waals surface area contributed by atoms with Gasteiger partial charge in [-0.1, -0.05) is 41.9 Å². The fourth-order valence-electron chi connectivity index (χ4n) is 2.49. The Balaban J connectivity index is 0.00000225. The molecule has 3 rings (SSSR count). The van der Waals surface area contributed by atoms with E-state index in [0.29, 0.717) is 12.2 Å². The molecule has 2 aromatic heterocycles. The first-order valence-electron chi connectivity index (χ1n) is 7.31. The van der Waals surface area contributed by atoms with Crippen LogP contribution in [0.25, 0.3) is 11.3 Å². The first-order valence-corrected chi connectivity index (χ1v) is 9.13. The molecule has 0 aliphatic rings. The molecule has 0 aliphatic carbocycles. The molecule has 1 N–H and O–H groups in total. The highest BCUT2D eigenvalue weighted by molar-refractivity contribution is 7.90. The molecule has 3 aromatic rings. The summed E-state index contributed by atoms with van der Waals surface area (Å²) >= 11 is 6.01. The summed E-state index contributed by atoms with van der Waals surface area (Å²) in [4.78, 5) is 3.86. The van der Waals surface area contributed by atoms with Gasteiger partial charge in [0.05, 0.1) is 5.69 Å². The van der Waals surface area contributed by atoms with Crippen LogP contribution in [0.2, 0.25) is 5.15 Å². The van der Waals surface area contributed by atoms with Gasteiger partial charge in [0.25, 0.3) is 10.0 Å². The minimum atomic E-state index is -3.85. The fraction of sp³-hybridized carbons (Fsp3) is 0.118. The van der Waals surface area contributed by atoms with Crippen LogP contribution < -0.4 is 5.32 Å². The zero-order valence-corrected chi connectivity index (χ0v) is 15.8. The number of nitrogens with one attached hydrogen (secondary N) is 1. The van der Waals surface area contributed by atoms with Crippen LogP contribution in [0.4, 0.5) is 0 Å². The Kier molecular flexibility index (Phi) is 6.24. The number of hydrogen-bond acceptors (Lipinski definition) is 4. The van der Waals surface area contributed by atoms with Crippen LogP contribution in [0, 0.1) is 0 Å². The minimum Gasteiger partial charge on any atom is -0.316 e. The lowest BCUT2D eigenvalue weighted by molar-refractivity contribution is 0.587. The number of rotatable bonds is 5. The van der Waals surface area contributed by atoms with Crippen molar-refractivity contribution in [1.29, 1.82) is 0 Å². The predicted molar refractivity (Wildman–Crippen MR) is 102 cm³/mol. The van der Waals surface area contributed by atoms with Gasteiger partial charge < -0.3 is 5.32 Å². The van der Waals surface area contributed by atoms with E-state index in [1.165, 1.54) is 16.2 Å². The number of pyridine rings is 1. The Bertz CT molecular complexity index is 957. The lowest BCUT2D eigenvalue weighted by Gasteiger charge is -2.11. The van der Waals surface area contributed by atoms with Crippen LogP contribution in [-0.4, -0.2) is 24.4 Å². The maximum Gasteiger partial charge on any atom is 0.271 e. The van der Waals surface area contributed by atoms with Crippen LogP contribution in [-0.2, 0) is 16.6 Å². The van der Waals surface area contributed by atoms with Gasteiger partial charge in [-0.3, -0.25) is 0 Å². The summed E-state index contributed by atoms with van der Waals surface area (Å²) in [5, 5.41) is 2.99. The molecule has 0 unspecified atom stereocenters. The van der Waals surface area contributed by atoms with E-state index < -0.39 is 10.0 Å². The van der Waals surface area contributed by atoms with Crippen molar-refractivity contribution in [3.8, 4) is 11.3 Å². The van der Waals surface area contributed by atoms with Gasteiger partial charge in [-0.2, -0.15) is 0 Å². The third-order valence-electron chi connectivity index (χ3n) is 3.55. The van der Waals surface area contributed by atoms with E-state index in [-0.39, 0.29) is 22.5 Å². The predicted octanol–water partition coefficient (Wildman–Crippen LogP) is 3.58. The summed E-state index contributed by atoms with van der Waals surface area (Å²) < 4.78 is 27.4. The van der Waals surface area contributed by atoms with Crippen molar-refractivity contribution in [3.63, 3.8) is 0 Å². The second kappa shape index (κ2) is 8.01. The molecule has 0 saturated carbocycles. The Morgan fingerprint density at radius 1 is 1.16 bits per heavy atom. The van der Waals surface area contributed by atoms with Crippen molar-refractivity contribution < 1.29 is 8.42 Å². The Labute approximate surface area is 158 Å². The summed E-state index contributed by atoms with van der Waals surface area (Å²) in [7, 11) is -2.04. The molecule has 0 atom stereocenters. The first kappa shape index (κ1) is 19.5. The number of benzene rings is 1. The smallest absolute Gasteiger partial charge is 0.271 e. The van der Waals surface area contributed by atoms with E-state index >= 15 is 0 Å². The summed E-state index contributed by atoms with van der Waals surface area (Å²) in [5.41, 5.74) is 2.25. The molecule has 1 aromatic carbocycles. The zero-order valence-electron chi connectivity index (χ0n) is 13.4. The first-order chi connectivity index (χ1) is 11.5. The molecule has 0 amide bonds. The quantitative estimate of drug-likeness (QED) is 0.668. The van der Waals surface area contributed by atoms with Gasteiger partial charge in [0.1, 0.15) is 10.0 Å². The van der Waals surface area contributed by atoms with Crippen LogP contribution in [0.5, 0.6) is 0 Å². The molecule has 0 bridgehead atoms. The molecule has 132 valence electrons. The van der Waals surface area contributed by atoms with Crippen LogP contribution in [0.15, 0.2) is 65.8 Å². The maximum absolute atomic E-state index is 13.1. The highest BCUT2D eigenvalue weighted by Gasteiger charge is 2.24. The van der Waals surface area contributed by atoms with Gasteiger partial charge in [0.2, 0.25) is 0 Å². The van der Waals surface area contributed by atoms with Crippen LogP contribution in [0.3, 0.4) is 0 Å². The van der Waals surface area contributed by atoms with E-state index in [4.69, 9.17) is 11.6 Å². The second-order valence-corrected chi connectivity index (χ2v) is 7.36. The van der Waals surface area contributed by atoms with Crippen molar-refractivity contribution in [2.75, 3.05) is 7.05 Å². The average molecular weight is 398 g/mol. The van der Waals surface area contributed by atoms with Crippen LogP contribution in [0.1, 0.15) is 5.56 Å². The molecule has 0 fully saturated rings. The van der Waals surface area contributed by atoms with Crippen LogP contribution >= 0.6 is 24.0 Å². The van der Waals surface area contributed by atoms with Crippen molar-refractivity contribution >= 4 is 34.0 Å². The summed E-state index contributed by atoms with van der Waals surface area (Å²) in [6.07, 6.45) is 3.07. The SMILES string of the molecule is CNCc1cc(-c2ccccc2)n(S(=O)(=O)c2cccnc2Cl)c1.Cl. The normalized spacial score (nSPS) is 11.1. The number of nitrogens with zero attached hydrogens (tertiary/aromatic N) is 2. The molecule has 8 heteroatoms. The summed E-state index contributed by atoms with van der Waals surface area (Å²) in [6, 6.07) is 14.2. The zero-order chi connectivity index (χ0) is 17.2. The lowest BCUT2D eigenvalue weighted by atomic mass is 10.1. The third-order valence-corrected chi connectivity index (χ3v) is 5.67. The molecular weight excluding hydrogens is 381 g/mol. The Hall–Kier alpha value is -1.86. The highest BCUT2D eigenvalue weighted by Crippen LogP contribution is 2.29. The second-order valence-electron chi connectivity index (χ2n) is 5.22. The highest BCUT2D eigenvalue weighted by atomic mass is 35.5. The topological polar surface area (TPSA) is 64.0 Å². The number of aromatic nitrogens is 2. The van der Waals surface area contributed by atoms with Gasteiger partial charge in [-0.05, 0) is 36.4 Å². The summed E-state index contributed by atoms with van der Waals surface area (Å²) in [5.74, 6) is 0. The molecule has 0 aliphatic heterocycles. The number of hydrogen-bond donors (Lipinski definition) is 1. The average Bonchev–Trinajstić information content (AvgIpc) is 3.01. The molecule has 25 heavy (non-hydrogen) atoms. The van der Waals surface area contributed by atoms with E-state index in [1.54, 1.807) is 12.3 Å². The van der Waals surface area contributed by atoms with Gasteiger partial charge in [-0.25, -0.2) is 17.4 Å². The van der Waals surface area contributed by atoms with Gasteiger partial charge in [0, 0.05) is 18.9 Å².